The second-order valence-corrected chi connectivity index (χ2v) is 6.01. The van der Waals surface area contributed by atoms with E-state index >= 15 is 0 Å². The Bertz CT molecular complexity index is 566. The van der Waals surface area contributed by atoms with Gasteiger partial charge in [-0.3, -0.25) is 4.79 Å². The molecule has 1 fully saturated rings. The lowest BCUT2D eigenvalue weighted by Gasteiger charge is -2.30. The maximum absolute atomic E-state index is 12.0. The molecule has 1 aromatic carbocycles. The van der Waals surface area contributed by atoms with E-state index in [1.807, 2.05) is 26.0 Å². The number of piperidine rings is 1. The molecule has 0 atom stereocenters. The number of rotatable bonds is 5. The molecule has 6 heteroatoms. The average Bonchev–Trinajstić information content (AvgIpc) is 2.53. The molecule has 1 saturated heterocycles. The zero-order valence-electron chi connectivity index (χ0n) is 13.8. The molecule has 3 N–H and O–H groups in total. The summed E-state index contributed by atoms with van der Waals surface area (Å²) < 4.78 is 5.68. The summed E-state index contributed by atoms with van der Waals surface area (Å²) in [5.74, 6) is 0.464. The van der Waals surface area contributed by atoms with Crippen molar-refractivity contribution < 1.29 is 14.3 Å². The summed E-state index contributed by atoms with van der Waals surface area (Å²) in [4.78, 5) is 24.9. The number of urea groups is 1. The first-order valence-electron chi connectivity index (χ1n) is 7.99. The zero-order chi connectivity index (χ0) is 16.8. The minimum absolute atomic E-state index is 0.105. The number of hydrogen-bond acceptors (Lipinski definition) is 3. The lowest BCUT2D eigenvalue weighted by molar-refractivity contribution is -0.123. The second-order valence-electron chi connectivity index (χ2n) is 6.01. The van der Waals surface area contributed by atoms with Crippen LogP contribution in [0.5, 0.6) is 5.75 Å². The standard InChI is InChI=1S/C17H25N3O3/c1-12-3-4-15(13(2)11-12)23-10-7-19-17(22)20-8-5-14(6-9-20)16(18)21/h3-4,11,14H,5-10H2,1-2H3,(H2,18,21)(H,19,22). The van der Waals surface area contributed by atoms with Gasteiger partial charge in [-0.25, -0.2) is 4.79 Å². The number of primary amides is 1. The van der Waals surface area contributed by atoms with Crippen molar-refractivity contribution in [3.05, 3.63) is 29.3 Å². The number of likely N-dealkylation sites (tertiary alicyclic amines) is 1. The fourth-order valence-electron chi connectivity index (χ4n) is 2.76. The highest BCUT2D eigenvalue weighted by atomic mass is 16.5. The maximum atomic E-state index is 12.0. The Labute approximate surface area is 137 Å². The molecule has 1 heterocycles. The number of nitrogens with two attached hydrogens (primary N) is 1. The van der Waals surface area contributed by atoms with Crippen LogP contribution in [0.1, 0.15) is 24.0 Å². The molecule has 0 aliphatic carbocycles. The van der Waals surface area contributed by atoms with Gasteiger partial charge in [0, 0.05) is 19.0 Å². The predicted molar refractivity (Wildman–Crippen MR) is 88.3 cm³/mol. The highest BCUT2D eigenvalue weighted by molar-refractivity contribution is 5.78. The van der Waals surface area contributed by atoms with Crippen LogP contribution in [0.25, 0.3) is 0 Å². The van der Waals surface area contributed by atoms with E-state index in [9.17, 15) is 9.59 Å². The molecule has 1 aliphatic heterocycles. The molecule has 1 aliphatic rings. The summed E-state index contributed by atoms with van der Waals surface area (Å²) in [6.45, 7) is 6.05. The highest BCUT2D eigenvalue weighted by Gasteiger charge is 2.25. The molecule has 0 unspecified atom stereocenters. The zero-order valence-corrected chi connectivity index (χ0v) is 13.8. The van der Waals surface area contributed by atoms with E-state index in [1.54, 1.807) is 4.90 Å². The van der Waals surface area contributed by atoms with Crippen molar-refractivity contribution in [3.63, 3.8) is 0 Å². The van der Waals surface area contributed by atoms with Crippen LogP contribution >= 0.6 is 0 Å². The lowest BCUT2D eigenvalue weighted by Crippen LogP contribution is -2.47. The van der Waals surface area contributed by atoms with E-state index in [1.165, 1.54) is 5.56 Å². The van der Waals surface area contributed by atoms with E-state index in [-0.39, 0.29) is 17.9 Å². The van der Waals surface area contributed by atoms with Gasteiger partial charge >= 0.3 is 6.03 Å². The monoisotopic (exact) mass is 319 g/mol. The molecule has 0 radical (unpaired) electrons. The van der Waals surface area contributed by atoms with Gasteiger partial charge in [-0.1, -0.05) is 17.7 Å². The Morgan fingerprint density at radius 1 is 1.30 bits per heavy atom. The largest absolute Gasteiger partial charge is 0.491 e. The predicted octanol–water partition coefficient (Wildman–Crippen LogP) is 1.59. The molecule has 126 valence electrons. The molecule has 2 rings (SSSR count). The van der Waals surface area contributed by atoms with Gasteiger partial charge in [0.2, 0.25) is 5.91 Å². The molecule has 6 nitrogen and oxygen atoms in total. The summed E-state index contributed by atoms with van der Waals surface area (Å²) in [5.41, 5.74) is 7.57. The number of carbonyl (C=O) groups is 2. The average molecular weight is 319 g/mol. The fraction of sp³-hybridized carbons (Fsp3) is 0.529. The summed E-state index contributed by atoms with van der Waals surface area (Å²) in [6.07, 6.45) is 1.28. The first-order chi connectivity index (χ1) is 11.0. The van der Waals surface area contributed by atoms with Crippen molar-refractivity contribution in [3.8, 4) is 5.75 Å². The summed E-state index contributed by atoms with van der Waals surface area (Å²) in [5, 5.41) is 2.84. The van der Waals surface area contributed by atoms with Crippen LogP contribution in [-0.4, -0.2) is 43.1 Å². The van der Waals surface area contributed by atoms with E-state index in [2.05, 4.69) is 11.4 Å². The third kappa shape index (κ3) is 4.87. The molecule has 23 heavy (non-hydrogen) atoms. The van der Waals surface area contributed by atoms with Crippen molar-refractivity contribution in [1.82, 2.24) is 10.2 Å². The Morgan fingerprint density at radius 2 is 2.00 bits per heavy atom. The molecule has 0 bridgehead atoms. The summed E-state index contributed by atoms with van der Waals surface area (Å²) in [6, 6.07) is 5.90. The minimum atomic E-state index is -0.271. The van der Waals surface area contributed by atoms with Crippen molar-refractivity contribution in [2.75, 3.05) is 26.2 Å². The normalized spacial score (nSPS) is 15.3. The maximum Gasteiger partial charge on any atom is 0.317 e. The van der Waals surface area contributed by atoms with Gasteiger partial charge in [-0.15, -0.1) is 0 Å². The molecule has 1 aromatic rings. The van der Waals surface area contributed by atoms with E-state index in [0.717, 1.165) is 11.3 Å². The van der Waals surface area contributed by atoms with Crippen LogP contribution in [0.15, 0.2) is 18.2 Å². The molecule has 0 spiro atoms. The number of hydrogen-bond donors (Lipinski definition) is 2. The Balaban J connectivity index is 1.68. The van der Waals surface area contributed by atoms with Crippen LogP contribution in [0.4, 0.5) is 4.79 Å². The first kappa shape index (κ1) is 17.1. The lowest BCUT2D eigenvalue weighted by atomic mass is 9.96. The van der Waals surface area contributed by atoms with Gasteiger partial charge < -0.3 is 20.7 Å². The van der Waals surface area contributed by atoms with Crippen molar-refractivity contribution in [2.24, 2.45) is 11.7 Å². The van der Waals surface area contributed by atoms with E-state index in [4.69, 9.17) is 10.5 Å². The van der Waals surface area contributed by atoms with Crippen molar-refractivity contribution in [2.45, 2.75) is 26.7 Å². The van der Waals surface area contributed by atoms with Gasteiger partial charge in [-0.05, 0) is 38.3 Å². The van der Waals surface area contributed by atoms with E-state index in [0.29, 0.717) is 39.1 Å². The van der Waals surface area contributed by atoms with Gasteiger partial charge in [0.1, 0.15) is 12.4 Å². The number of benzene rings is 1. The molecular formula is C17H25N3O3. The van der Waals surface area contributed by atoms with Crippen LogP contribution in [0, 0.1) is 19.8 Å². The number of nitrogens with zero attached hydrogens (tertiary/aromatic N) is 1. The minimum Gasteiger partial charge on any atom is -0.491 e. The van der Waals surface area contributed by atoms with Crippen molar-refractivity contribution >= 4 is 11.9 Å². The number of carbonyl (C=O) groups excluding carboxylic acids is 2. The topological polar surface area (TPSA) is 84.7 Å². The quantitative estimate of drug-likeness (QED) is 0.808. The highest BCUT2D eigenvalue weighted by Crippen LogP contribution is 2.18. The molecule has 0 saturated carbocycles. The summed E-state index contributed by atoms with van der Waals surface area (Å²) >= 11 is 0. The number of nitrogens with one attached hydrogen (secondary N) is 1. The summed E-state index contributed by atoms with van der Waals surface area (Å²) in [7, 11) is 0. The Kier molecular flexibility index (Phi) is 5.84. The van der Waals surface area contributed by atoms with Crippen LogP contribution in [-0.2, 0) is 4.79 Å². The van der Waals surface area contributed by atoms with Gasteiger partial charge in [0.05, 0.1) is 6.54 Å². The molecule has 0 aromatic heterocycles. The Morgan fingerprint density at radius 3 is 2.61 bits per heavy atom. The van der Waals surface area contributed by atoms with Crippen LogP contribution in [0.3, 0.4) is 0 Å². The van der Waals surface area contributed by atoms with Gasteiger partial charge in [0.15, 0.2) is 0 Å². The third-order valence-electron chi connectivity index (χ3n) is 4.15. The van der Waals surface area contributed by atoms with Crippen LogP contribution < -0.4 is 15.8 Å². The molecular weight excluding hydrogens is 294 g/mol. The third-order valence-corrected chi connectivity index (χ3v) is 4.15. The van der Waals surface area contributed by atoms with Crippen LogP contribution in [0.2, 0.25) is 0 Å². The Hall–Kier alpha value is -2.24. The fourth-order valence-corrected chi connectivity index (χ4v) is 2.76. The first-order valence-corrected chi connectivity index (χ1v) is 7.99. The SMILES string of the molecule is Cc1ccc(OCCNC(=O)N2CCC(C(N)=O)CC2)c(C)c1. The van der Waals surface area contributed by atoms with E-state index < -0.39 is 0 Å². The van der Waals surface area contributed by atoms with Gasteiger partial charge in [-0.2, -0.15) is 0 Å². The molecule has 3 amide bonds. The number of amides is 3. The number of ether oxygens (including phenoxy) is 1. The van der Waals surface area contributed by atoms with Gasteiger partial charge in [0.25, 0.3) is 0 Å². The number of aryl methyl sites for hydroxylation is 2. The smallest absolute Gasteiger partial charge is 0.317 e. The van der Waals surface area contributed by atoms with Crippen molar-refractivity contribution in [1.29, 1.82) is 0 Å². The second kappa shape index (κ2) is 7.85.